The third-order valence-electron chi connectivity index (χ3n) is 2.09. The molecule has 1 aromatic carbocycles. The average molecular weight is 223 g/mol. The molecule has 0 saturated heterocycles. The SMILES string of the molecule is O=C(O)c1cccn1-c1cc(F)cc(F)c1. The van der Waals surface area contributed by atoms with E-state index in [9.17, 15) is 13.6 Å². The number of nitrogens with zero attached hydrogens (tertiary/aromatic N) is 1. The van der Waals surface area contributed by atoms with Crippen LogP contribution >= 0.6 is 0 Å². The van der Waals surface area contributed by atoms with Crippen molar-refractivity contribution in [3.05, 3.63) is 53.9 Å². The van der Waals surface area contributed by atoms with E-state index in [1.165, 1.54) is 22.9 Å². The number of hydrogen-bond donors (Lipinski definition) is 1. The fourth-order valence-electron chi connectivity index (χ4n) is 1.46. The molecule has 0 spiro atoms. The van der Waals surface area contributed by atoms with Crippen LogP contribution in [0.5, 0.6) is 0 Å². The Balaban J connectivity index is 2.58. The molecule has 0 aliphatic carbocycles. The highest BCUT2D eigenvalue weighted by molar-refractivity contribution is 5.86. The first-order valence-electron chi connectivity index (χ1n) is 4.45. The number of aromatic carboxylic acids is 1. The van der Waals surface area contributed by atoms with E-state index in [4.69, 9.17) is 5.11 Å². The molecule has 0 aliphatic heterocycles. The topological polar surface area (TPSA) is 42.2 Å². The molecule has 0 unspecified atom stereocenters. The van der Waals surface area contributed by atoms with Gasteiger partial charge in [0, 0.05) is 12.3 Å². The van der Waals surface area contributed by atoms with Gasteiger partial charge in [-0.2, -0.15) is 0 Å². The van der Waals surface area contributed by atoms with Crippen LogP contribution in [-0.2, 0) is 0 Å². The van der Waals surface area contributed by atoms with Gasteiger partial charge in [0.1, 0.15) is 17.3 Å². The van der Waals surface area contributed by atoms with Crippen LogP contribution in [-0.4, -0.2) is 15.6 Å². The highest BCUT2D eigenvalue weighted by Crippen LogP contribution is 2.16. The molecule has 0 amide bonds. The van der Waals surface area contributed by atoms with E-state index in [2.05, 4.69) is 0 Å². The maximum atomic E-state index is 13.0. The highest BCUT2D eigenvalue weighted by Gasteiger charge is 2.11. The minimum absolute atomic E-state index is 0.0509. The minimum atomic E-state index is -1.16. The number of aromatic nitrogens is 1. The normalized spacial score (nSPS) is 10.4. The van der Waals surface area contributed by atoms with E-state index >= 15 is 0 Å². The summed E-state index contributed by atoms with van der Waals surface area (Å²) in [6.45, 7) is 0. The van der Waals surface area contributed by atoms with Gasteiger partial charge in [-0.1, -0.05) is 0 Å². The summed E-state index contributed by atoms with van der Waals surface area (Å²) in [6.07, 6.45) is 1.43. The lowest BCUT2D eigenvalue weighted by Gasteiger charge is -2.06. The second-order valence-corrected chi connectivity index (χ2v) is 3.20. The summed E-state index contributed by atoms with van der Waals surface area (Å²) < 4.78 is 27.1. The standard InChI is InChI=1S/C11H7F2NO2/c12-7-4-8(13)6-9(5-7)14-3-1-2-10(14)11(15)16/h1-6H,(H,15,16). The zero-order valence-corrected chi connectivity index (χ0v) is 8.02. The molecular weight excluding hydrogens is 216 g/mol. The Labute approximate surface area is 89.6 Å². The largest absolute Gasteiger partial charge is 0.477 e. The monoisotopic (exact) mass is 223 g/mol. The molecule has 1 aromatic heterocycles. The molecule has 0 fully saturated rings. The van der Waals surface area contributed by atoms with Gasteiger partial charge in [0.05, 0.1) is 5.69 Å². The predicted octanol–water partition coefficient (Wildman–Crippen LogP) is 2.45. The number of carbonyl (C=O) groups is 1. The maximum Gasteiger partial charge on any atom is 0.352 e. The summed E-state index contributed by atoms with van der Waals surface area (Å²) in [7, 11) is 0. The average Bonchev–Trinajstić information content (AvgIpc) is 2.63. The van der Waals surface area contributed by atoms with Crippen LogP contribution in [0.2, 0.25) is 0 Å². The van der Waals surface area contributed by atoms with Crippen LogP contribution in [0.25, 0.3) is 5.69 Å². The fraction of sp³-hybridized carbons (Fsp3) is 0. The Morgan fingerprint density at radius 1 is 1.19 bits per heavy atom. The third-order valence-corrected chi connectivity index (χ3v) is 2.09. The van der Waals surface area contributed by atoms with E-state index in [1.54, 1.807) is 0 Å². The van der Waals surface area contributed by atoms with Crippen molar-refractivity contribution in [1.29, 1.82) is 0 Å². The maximum absolute atomic E-state index is 13.0. The van der Waals surface area contributed by atoms with Gasteiger partial charge < -0.3 is 9.67 Å². The predicted molar refractivity (Wildman–Crippen MR) is 52.6 cm³/mol. The first-order valence-corrected chi connectivity index (χ1v) is 4.45. The first-order chi connectivity index (χ1) is 7.58. The number of rotatable bonds is 2. The quantitative estimate of drug-likeness (QED) is 0.849. The van der Waals surface area contributed by atoms with Crippen molar-refractivity contribution in [2.45, 2.75) is 0 Å². The summed E-state index contributed by atoms with van der Waals surface area (Å²) in [4.78, 5) is 10.8. The second-order valence-electron chi connectivity index (χ2n) is 3.20. The Hall–Kier alpha value is -2.17. The molecule has 16 heavy (non-hydrogen) atoms. The number of halogens is 2. The number of carboxylic acids is 1. The van der Waals surface area contributed by atoms with E-state index < -0.39 is 17.6 Å². The van der Waals surface area contributed by atoms with Crippen LogP contribution in [0.15, 0.2) is 36.5 Å². The molecule has 82 valence electrons. The zero-order valence-electron chi connectivity index (χ0n) is 8.02. The lowest BCUT2D eigenvalue weighted by Crippen LogP contribution is -2.06. The highest BCUT2D eigenvalue weighted by atomic mass is 19.1. The van der Waals surface area contributed by atoms with Crippen LogP contribution in [0.3, 0.4) is 0 Å². The Bertz CT molecular complexity index is 528. The lowest BCUT2D eigenvalue weighted by atomic mass is 10.3. The second kappa shape index (κ2) is 3.77. The van der Waals surface area contributed by atoms with Crippen molar-refractivity contribution in [2.75, 3.05) is 0 Å². The molecule has 2 rings (SSSR count). The molecule has 0 saturated carbocycles. The smallest absolute Gasteiger partial charge is 0.352 e. The Morgan fingerprint density at radius 2 is 1.81 bits per heavy atom. The molecule has 0 bridgehead atoms. The summed E-state index contributed by atoms with van der Waals surface area (Å²) in [5, 5.41) is 8.85. The van der Waals surface area contributed by atoms with Crippen molar-refractivity contribution < 1.29 is 18.7 Å². The summed E-state index contributed by atoms with van der Waals surface area (Å²) in [6, 6.07) is 5.70. The van der Waals surface area contributed by atoms with E-state index in [0.29, 0.717) is 0 Å². The van der Waals surface area contributed by atoms with Crippen LogP contribution in [0, 0.1) is 11.6 Å². The van der Waals surface area contributed by atoms with Gasteiger partial charge in [-0.15, -0.1) is 0 Å². The van der Waals surface area contributed by atoms with Crippen LogP contribution in [0.1, 0.15) is 10.5 Å². The molecule has 0 radical (unpaired) electrons. The molecule has 3 nitrogen and oxygen atoms in total. The molecule has 1 heterocycles. The third kappa shape index (κ3) is 1.79. The van der Waals surface area contributed by atoms with Gasteiger partial charge in [0.25, 0.3) is 0 Å². The van der Waals surface area contributed by atoms with E-state index in [0.717, 1.165) is 18.2 Å². The molecule has 1 N–H and O–H groups in total. The zero-order chi connectivity index (χ0) is 11.7. The summed E-state index contributed by atoms with van der Waals surface area (Å²) in [5.74, 6) is -2.66. The van der Waals surface area contributed by atoms with Gasteiger partial charge in [0.15, 0.2) is 0 Å². The first kappa shape index (κ1) is 10.4. The number of benzene rings is 1. The Morgan fingerprint density at radius 3 is 2.38 bits per heavy atom. The molecular formula is C11H7F2NO2. The van der Waals surface area contributed by atoms with E-state index in [1.807, 2.05) is 0 Å². The van der Waals surface area contributed by atoms with Crippen molar-refractivity contribution in [2.24, 2.45) is 0 Å². The number of hydrogen-bond acceptors (Lipinski definition) is 1. The van der Waals surface area contributed by atoms with Gasteiger partial charge >= 0.3 is 5.97 Å². The fourth-order valence-corrected chi connectivity index (χ4v) is 1.46. The van der Waals surface area contributed by atoms with Crippen molar-refractivity contribution in [3.8, 4) is 5.69 Å². The van der Waals surface area contributed by atoms with Gasteiger partial charge in [0.2, 0.25) is 0 Å². The van der Waals surface area contributed by atoms with Crippen molar-refractivity contribution in [1.82, 2.24) is 4.57 Å². The number of carboxylic acid groups (broad SMARTS) is 1. The van der Waals surface area contributed by atoms with Gasteiger partial charge in [-0.05, 0) is 24.3 Å². The molecule has 0 atom stereocenters. The molecule has 5 heteroatoms. The van der Waals surface area contributed by atoms with Crippen LogP contribution < -0.4 is 0 Å². The summed E-state index contributed by atoms with van der Waals surface area (Å²) >= 11 is 0. The van der Waals surface area contributed by atoms with Crippen LogP contribution in [0.4, 0.5) is 8.78 Å². The van der Waals surface area contributed by atoms with Gasteiger partial charge in [-0.3, -0.25) is 0 Å². The molecule has 0 aliphatic rings. The lowest BCUT2D eigenvalue weighted by molar-refractivity contribution is 0.0688. The van der Waals surface area contributed by atoms with Gasteiger partial charge in [-0.25, -0.2) is 13.6 Å². The van der Waals surface area contributed by atoms with Crippen molar-refractivity contribution in [3.63, 3.8) is 0 Å². The van der Waals surface area contributed by atoms with E-state index in [-0.39, 0.29) is 11.4 Å². The van der Waals surface area contributed by atoms with Crippen molar-refractivity contribution >= 4 is 5.97 Å². The Kier molecular flexibility index (Phi) is 2.44. The molecule has 2 aromatic rings. The summed E-state index contributed by atoms with van der Waals surface area (Å²) in [5.41, 5.74) is 0.0879. The minimum Gasteiger partial charge on any atom is -0.477 e.